The number of hydrogen-bond acceptors (Lipinski definition) is 1. The van der Waals surface area contributed by atoms with Crippen molar-refractivity contribution in [3.8, 4) is 0 Å². The molecule has 0 aromatic rings. The van der Waals surface area contributed by atoms with E-state index in [0.29, 0.717) is 23.6 Å². The van der Waals surface area contributed by atoms with E-state index in [1.807, 2.05) is 35.0 Å². The van der Waals surface area contributed by atoms with E-state index in [0.717, 1.165) is 0 Å². The summed E-state index contributed by atoms with van der Waals surface area (Å²) in [5.74, 6) is -1.13. The lowest BCUT2D eigenvalue weighted by Gasteiger charge is -2.31. The van der Waals surface area contributed by atoms with Gasteiger partial charge < -0.3 is 9.22 Å². The highest BCUT2D eigenvalue weighted by Gasteiger charge is 2.31. The van der Waals surface area contributed by atoms with Crippen LogP contribution in [-0.2, 0) is 4.74 Å². The number of quaternary nitrogens is 1. The topological polar surface area (TPSA) is 9.23 Å². The Hall–Kier alpha value is -0.150. The SMILES string of the molecule is CC(C)COC(C)(F)C[N+](C)(C)C. The summed E-state index contributed by atoms with van der Waals surface area (Å²) in [7, 11) is 5.86. The summed E-state index contributed by atoms with van der Waals surface area (Å²) in [6, 6.07) is 0. The van der Waals surface area contributed by atoms with Crippen molar-refractivity contribution >= 4 is 0 Å². The van der Waals surface area contributed by atoms with Gasteiger partial charge in [0.05, 0.1) is 27.7 Å². The van der Waals surface area contributed by atoms with Crippen LogP contribution in [0.1, 0.15) is 20.8 Å². The lowest BCUT2D eigenvalue weighted by molar-refractivity contribution is -0.879. The summed E-state index contributed by atoms with van der Waals surface area (Å²) >= 11 is 0. The van der Waals surface area contributed by atoms with Crippen LogP contribution in [0.2, 0.25) is 0 Å². The summed E-state index contributed by atoms with van der Waals surface area (Å²) in [6.07, 6.45) is 0. The number of ether oxygens (including phenoxy) is 1. The molecule has 0 N–H and O–H groups in total. The van der Waals surface area contributed by atoms with Gasteiger partial charge in [0.15, 0.2) is 0 Å². The van der Waals surface area contributed by atoms with Crippen LogP contribution in [0.3, 0.4) is 0 Å². The van der Waals surface area contributed by atoms with Crippen molar-refractivity contribution in [3.05, 3.63) is 0 Å². The fourth-order valence-corrected chi connectivity index (χ4v) is 1.23. The van der Waals surface area contributed by atoms with Crippen molar-refractivity contribution in [1.82, 2.24) is 0 Å². The van der Waals surface area contributed by atoms with Gasteiger partial charge in [0, 0.05) is 6.92 Å². The molecule has 0 aliphatic carbocycles. The molecule has 0 fully saturated rings. The summed E-state index contributed by atoms with van der Waals surface area (Å²) in [5.41, 5.74) is 0. The predicted octanol–water partition coefficient (Wildman–Crippen LogP) is 2.05. The van der Waals surface area contributed by atoms with Crippen molar-refractivity contribution in [1.29, 1.82) is 0 Å². The Kier molecular flexibility index (Phi) is 4.33. The highest BCUT2D eigenvalue weighted by Crippen LogP contribution is 2.16. The van der Waals surface area contributed by atoms with Crippen LogP contribution < -0.4 is 0 Å². The van der Waals surface area contributed by atoms with Crippen molar-refractivity contribution in [2.24, 2.45) is 5.92 Å². The molecule has 3 heteroatoms. The van der Waals surface area contributed by atoms with Crippen LogP contribution in [0.25, 0.3) is 0 Å². The number of halogens is 1. The fourth-order valence-electron chi connectivity index (χ4n) is 1.23. The Labute approximate surface area is 81.3 Å². The van der Waals surface area contributed by atoms with E-state index in [1.165, 1.54) is 6.92 Å². The van der Waals surface area contributed by atoms with Crippen molar-refractivity contribution in [2.45, 2.75) is 26.6 Å². The van der Waals surface area contributed by atoms with Gasteiger partial charge in [0.1, 0.15) is 6.54 Å². The average molecular weight is 192 g/mol. The van der Waals surface area contributed by atoms with E-state index in [-0.39, 0.29) is 0 Å². The third-order valence-corrected chi connectivity index (χ3v) is 1.47. The number of likely N-dealkylation sites (N-methyl/N-ethyl adjacent to an activating group) is 1. The monoisotopic (exact) mass is 192 g/mol. The number of rotatable bonds is 5. The normalized spacial score (nSPS) is 17.5. The van der Waals surface area contributed by atoms with Gasteiger partial charge in [-0.2, -0.15) is 0 Å². The Bertz CT molecular complexity index is 149. The van der Waals surface area contributed by atoms with Crippen LogP contribution in [-0.4, -0.2) is 44.6 Å². The van der Waals surface area contributed by atoms with E-state index in [1.54, 1.807) is 0 Å². The molecule has 0 rings (SSSR count). The van der Waals surface area contributed by atoms with Crippen molar-refractivity contribution in [3.63, 3.8) is 0 Å². The first-order chi connectivity index (χ1) is 5.62. The Morgan fingerprint density at radius 3 is 2.08 bits per heavy atom. The van der Waals surface area contributed by atoms with Crippen LogP contribution in [0.4, 0.5) is 4.39 Å². The smallest absolute Gasteiger partial charge is 0.255 e. The van der Waals surface area contributed by atoms with E-state index >= 15 is 0 Å². The first-order valence-corrected chi connectivity index (χ1v) is 4.76. The first kappa shape index (κ1) is 12.8. The molecule has 2 nitrogen and oxygen atoms in total. The molecule has 0 saturated heterocycles. The Morgan fingerprint density at radius 1 is 1.31 bits per heavy atom. The summed E-state index contributed by atoms with van der Waals surface area (Å²) in [5, 5.41) is 0. The molecule has 80 valence electrons. The zero-order valence-corrected chi connectivity index (χ0v) is 9.72. The maximum atomic E-state index is 13.7. The average Bonchev–Trinajstić information content (AvgIpc) is 1.78. The van der Waals surface area contributed by atoms with Gasteiger partial charge in [-0.05, 0) is 5.92 Å². The van der Waals surface area contributed by atoms with E-state index in [4.69, 9.17) is 4.74 Å². The second-order valence-corrected chi connectivity index (χ2v) is 5.26. The van der Waals surface area contributed by atoms with Crippen molar-refractivity contribution < 1.29 is 13.6 Å². The lowest BCUT2D eigenvalue weighted by Crippen LogP contribution is -2.47. The third kappa shape index (κ3) is 8.19. The Balaban J connectivity index is 3.94. The zero-order chi connectivity index (χ0) is 10.7. The van der Waals surface area contributed by atoms with Gasteiger partial charge >= 0.3 is 0 Å². The molecule has 0 heterocycles. The number of nitrogens with zero attached hydrogens (tertiary/aromatic N) is 1. The molecule has 1 unspecified atom stereocenters. The molecule has 0 aliphatic rings. The lowest BCUT2D eigenvalue weighted by atomic mass is 10.2. The van der Waals surface area contributed by atoms with Crippen LogP contribution >= 0.6 is 0 Å². The second-order valence-electron chi connectivity index (χ2n) is 5.26. The van der Waals surface area contributed by atoms with Crippen molar-refractivity contribution in [2.75, 3.05) is 34.3 Å². The van der Waals surface area contributed by atoms with Gasteiger partial charge in [0.2, 0.25) is 0 Å². The first-order valence-electron chi connectivity index (χ1n) is 4.76. The predicted molar refractivity (Wildman–Crippen MR) is 53.2 cm³/mol. The van der Waals surface area contributed by atoms with Crippen LogP contribution in [0.15, 0.2) is 0 Å². The Morgan fingerprint density at radius 2 is 1.77 bits per heavy atom. The summed E-state index contributed by atoms with van der Waals surface area (Å²) < 4.78 is 19.5. The molecule has 1 atom stereocenters. The second kappa shape index (κ2) is 4.38. The molecule has 13 heavy (non-hydrogen) atoms. The van der Waals surface area contributed by atoms with E-state index in [9.17, 15) is 4.39 Å². The molecular formula is C10H23FNO+. The minimum absolute atomic E-state index is 0.375. The van der Waals surface area contributed by atoms with Gasteiger partial charge in [-0.3, -0.25) is 0 Å². The van der Waals surface area contributed by atoms with Gasteiger partial charge in [-0.1, -0.05) is 13.8 Å². The molecule has 0 spiro atoms. The number of alkyl halides is 1. The minimum Gasteiger partial charge on any atom is -0.341 e. The highest BCUT2D eigenvalue weighted by atomic mass is 19.2. The molecule has 0 aromatic heterocycles. The third-order valence-electron chi connectivity index (χ3n) is 1.47. The highest BCUT2D eigenvalue weighted by molar-refractivity contribution is 4.59. The van der Waals surface area contributed by atoms with Crippen LogP contribution in [0, 0.1) is 5.92 Å². The molecule has 0 aromatic carbocycles. The molecule has 0 saturated carbocycles. The van der Waals surface area contributed by atoms with Gasteiger partial charge in [-0.15, -0.1) is 0 Å². The molecule has 0 bridgehead atoms. The molecular weight excluding hydrogens is 169 g/mol. The van der Waals surface area contributed by atoms with Gasteiger partial charge in [-0.25, -0.2) is 4.39 Å². The number of hydrogen-bond donors (Lipinski definition) is 0. The quantitative estimate of drug-likeness (QED) is 0.606. The standard InChI is InChI=1S/C10H23FNO/c1-9(2)7-13-10(3,11)8-12(4,5)6/h9H,7-8H2,1-6H3/q+1. The fraction of sp³-hybridized carbons (Fsp3) is 1.00. The van der Waals surface area contributed by atoms with E-state index < -0.39 is 5.85 Å². The summed E-state index contributed by atoms with van der Waals surface area (Å²) in [4.78, 5) is 0. The maximum absolute atomic E-state index is 13.7. The molecule has 0 amide bonds. The van der Waals surface area contributed by atoms with Gasteiger partial charge in [0.25, 0.3) is 5.85 Å². The largest absolute Gasteiger partial charge is 0.341 e. The van der Waals surface area contributed by atoms with Crippen LogP contribution in [0.5, 0.6) is 0 Å². The summed E-state index contributed by atoms with van der Waals surface area (Å²) in [6.45, 7) is 6.38. The molecule has 0 aliphatic heterocycles. The minimum atomic E-state index is -1.51. The van der Waals surface area contributed by atoms with E-state index in [2.05, 4.69) is 0 Å². The molecule has 0 radical (unpaired) electrons. The zero-order valence-electron chi connectivity index (χ0n) is 9.72. The maximum Gasteiger partial charge on any atom is 0.255 e.